The Kier molecular flexibility index (Phi) is 4.65. The van der Waals surface area contributed by atoms with E-state index in [2.05, 4.69) is 0 Å². The van der Waals surface area contributed by atoms with Crippen LogP contribution in [0.25, 0.3) is 0 Å². The van der Waals surface area contributed by atoms with Crippen molar-refractivity contribution in [1.29, 1.82) is 0 Å². The molecule has 2 N–H and O–H groups in total. The molecule has 0 amide bonds. The first-order chi connectivity index (χ1) is 8.98. The molecule has 3 nitrogen and oxygen atoms in total. The number of hydrogen-bond acceptors (Lipinski definition) is 3. The lowest BCUT2D eigenvalue weighted by Crippen LogP contribution is -2.19. The molecule has 1 aromatic carbocycles. The zero-order valence-corrected chi connectivity index (χ0v) is 13.4. The van der Waals surface area contributed by atoms with Gasteiger partial charge >= 0.3 is 0 Å². The second-order valence-electron chi connectivity index (χ2n) is 7.32. The van der Waals surface area contributed by atoms with E-state index in [1.54, 1.807) is 12.1 Å². The Hall–Kier alpha value is -1.35. The van der Waals surface area contributed by atoms with Crippen LogP contribution in [-0.2, 0) is 10.8 Å². The third-order valence-corrected chi connectivity index (χ3v) is 3.39. The highest BCUT2D eigenvalue weighted by atomic mass is 16.3. The van der Waals surface area contributed by atoms with Crippen molar-refractivity contribution in [2.45, 2.75) is 58.8 Å². The van der Waals surface area contributed by atoms with Crippen molar-refractivity contribution in [3.05, 3.63) is 28.8 Å². The maximum Gasteiger partial charge on any atom is 0.165 e. The molecule has 112 valence electrons. The molecule has 0 saturated heterocycles. The van der Waals surface area contributed by atoms with E-state index in [1.165, 1.54) is 0 Å². The molecule has 0 heterocycles. The van der Waals surface area contributed by atoms with E-state index in [4.69, 9.17) is 5.11 Å². The maximum absolute atomic E-state index is 12.1. The maximum atomic E-state index is 12.1. The van der Waals surface area contributed by atoms with Gasteiger partial charge in [0.15, 0.2) is 5.78 Å². The molecule has 0 atom stereocenters. The Labute approximate surface area is 121 Å². The molecule has 1 rings (SSSR count). The zero-order valence-electron chi connectivity index (χ0n) is 13.4. The van der Waals surface area contributed by atoms with Crippen molar-refractivity contribution in [3.63, 3.8) is 0 Å². The van der Waals surface area contributed by atoms with Crippen molar-refractivity contribution < 1.29 is 15.0 Å². The lowest BCUT2D eigenvalue weighted by molar-refractivity contribution is 0.0956. The van der Waals surface area contributed by atoms with Crippen LogP contribution in [0.15, 0.2) is 12.1 Å². The van der Waals surface area contributed by atoms with Crippen molar-refractivity contribution in [2.75, 3.05) is 6.61 Å². The summed E-state index contributed by atoms with van der Waals surface area (Å²) in [6.45, 7) is 11.9. The van der Waals surface area contributed by atoms with Crippen LogP contribution in [0.4, 0.5) is 0 Å². The number of ketones is 1. The van der Waals surface area contributed by atoms with Gasteiger partial charge < -0.3 is 10.2 Å². The van der Waals surface area contributed by atoms with Gasteiger partial charge in [0.25, 0.3) is 0 Å². The van der Waals surface area contributed by atoms with Crippen LogP contribution < -0.4 is 0 Å². The minimum absolute atomic E-state index is 0.0940. The fourth-order valence-corrected chi connectivity index (χ4v) is 2.18. The van der Waals surface area contributed by atoms with E-state index in [1.807, 2.05) is 41.5 Å². The third kappa shape index (κ3) is 3.60. The molecule has 0 unspecified atom stereocenters. The van der Waals surface area contributed by atoms with E-state index >= 15 is 0 Å². The van der Waals surface area contributed by atoms with Crippen LogP contribution in [0.2, 0.25) is 0 Å². The molecule has 0 fully saturated rings. The Bertz CT molecular complexity index is 467. The minimum atomic E-state index is -0.250. The molecular formula is C17H26O3. The number of rotatable bonds is 3. The van der Waals surface area contributed by atoms with Gasteiger partial charge in [-0.05, 0) is 23.0 Å². The first-order valence-corrected chi connectivity index (χ1v) is 7.00. The van der Waals surface area contributed by atoms with Gasteiger partial charge in [0, 0.05) is 23.1 Å². The average Bonchev–Trinajstić information content (AvgIpc) is 2.26. The van der Waals surface area contributed by atoms with E-state index < -0.39 is 0 Å². The van der Waals surface area contributed by atoms with Crippen LogP contribution in [-0.4, -0.2) is 22.6 Å². The number of aromatic hydroxyl groups is 1. The summed E-state index contributed by atoms with van der Waals surface area (Å²) in [7, 11) is 0. The molecule has 0 saturated carbocycles. The van der Waals surface area contributed by atoms with Gasteiger partial charge in [-0.3, -0.25) is 4.79 Å². The SMILES string of the molecule is CC(C)(C)c1cc(C(=O)CCO)cc(C(C)(C)C)c1O. The largest absolute Gasteiger partial charge is 0.507 e. The first kappa shape index (κ1) is 16.7. The highest BCUT2D eigenvalue weighted by Crippen LogP contribution is 2.39. The van der Waals surface area contributed by atoms with E-state index in [0.29, 0.717) is 5.56 Å². The zero-order chi connectivity index (χ0) is 15.7. The third-order valence-electron chi connectivity index (χ3n) is 3.39. The Balaban J connectivity index is 3.55. The fraction of sp³-hybridized carbons (Fsp3) is 0.588. The monoisotopic (exact) mass is 278 g/mol. The van der Waals surface area contributed by atoms with Gasteiger partial charge in [-0.25, -0.2) is 0 Å². The molecule has 0 spiro atoms. The van der Waals surface area contributed by atoms with E-state index in [-0.39, 0.29) is 35.4 Å². The Morgan fingerprint density at radius 1 is 1.00 bits per heavy atom. The van der Waals surface area contributed by atoms with Gasteiger partial charge in [-0.2, -0.15) is 0 Å². The van der Waals surface area contributed by atoms with Gasteiger partial charge in [0.05, 0.1) is 6.61 Å². The highest BCUT2D eigenvalue weighted by molar-refractivity contribution is 5.97. The summed E-state index contributed by atoms with van der Waals surface area (Å²) < 4.78 is 0. The summed E-state index contributed by atoms with van der Waals surface area (Å²) in [5.41, 5.74) is 1.60. The standard InChI is InChI=1S/C17H26O3/c1-16(2,3)12-9-11(14(19)7-8-18)10-13(15(12)20)17(4,5)6/h9-10,18,20H,7-8H2,1-6H3. The molecule has 3 heteroatoms. The van der Waals surface area contributed by atoms with Crippen molar-refractivity contribution in [2.24, 2.45) is 0 Å². The van der Waals surface area contributed by atoms with Gasteiger partial charge in [-0.15, -0.1) is 0 Å². The van der Waals surface area contributed by atoms with E-state index in [0.717, 1.165) is 11.1 Å². The lowest BCUT2D eigenvalue weighted by Gasteiger charge is -2.28. The summed E-state index contributed by atoms with van der Waals surface area (Å²) in [5.74, 6) is 0.175. The summed E-state index contributed by atoms with van der Waals surface area (Å²) in [6.07, 6.45) is 0.109. The number of carbonyl (C=O) groups is 1. The fourth-order valence-electron chi connectivity index (χ4n) is 2.18. The van der Waals surface area contributed by atoms with Crippen molar-refractivity contribution >= 4 is 5.78 Å². The molecule has 0 radical (unpaired) electrons. The topological polar surface area (TPSA) is 57.5 Å². The first-order valence-electron chi connectivity index (χ1n) is 7.00. The van der Waals surface area contributed by atoms with Crippen LogP contribution in [0.5, 0.6) is 5.75 Å². The number of benzene rings is 1. The summed E-state index contributed by atoms with van der Waals surface area (Å²) >= 11 is 0. The normalized spacial score (nSPS) is 12.6. The number of phenols is 1. The average molecular weight is 278 g/mol. The molecule has 0 aromatic heterocycles. The lowest BCUT2D eigenvalue weighted by atomic mass is 9.78. The number of aliphatic hydroxyl groups is 1. The minimum Gasteiger partial charge on any atom is -0.507 e. The summed E-state index contributed by atoms with van der Waals surface area (Å²) in [4.78, 5) is 12.1. The molecule has 0 aliphatic heterocycles. The number of hydrogen-bond donors (Lipinski definition) is 2. The summed E-state index contributed by atoms with van der Waals surface area (Å²) in [5, 5.41) is 19.5. The predicted octanol–water partition coefficient (Wildman–Crippen LogP) is 3.55. The number of Topliss-reactive ketones (excluding diaryl/α,β-unsaturated/α-hetero) is 1. The van der Waals surface area contributed by atoms with Gasteiger partial charge in [0.2, 0.25) is 0 Å². The Morgan fingerprint density at radius 2 is 1.40 bits per heavy atom. The van der Waals surface area contributed by atoms with Gasteiger partial charge in [0.1, 0.15) is 5.75 Å². The van der Waals surface area contributed by atoms with Crippen molar-refractivity contribution in [3.8, 4) is 5.75 Å². The van der Waals surface area contributed by atoms with Crippen LogP contribution in [0.3, 0.4) is 0 Å². The second kappa shape index (κ2) is 5.57. The molecule has 0 aliphatic rings. The number of carbonyl (C=O) groups excluding carboxylic acids is 1. The molecule has 1 aromatic rings. The van der Waals surface area contributed by atoms with Gasteiger partial charge in [-0.1, -0.05) is 41.5 Å². The Morgan fingerprint density at radius 3 is 1.70 bits per heavy atom. The predicted molar refractivity (Wildman–Crippen MR) is 81.5 cm³/mol. The highest BCUT2D eigenvalue weighted by Gasteiger charge is 2.27. The molecular weight excluding hydrogens is 252 g/mol. The summed E-state index contributed by atoms with van der Waals surface area (Å²) in [6, 6.07) is 3.51. The smallest absolute Gasteiger partial charge is 0.165 e. The van der Waals surface area contributed by atoms with Crippen molar-refractivity contribution in [1.82, 2.24) is 0 Å². The number of aliphatic hydroxyl groups excluding tert-OH is 1. The van der Waals surface area contributed by atoms with Crippen LogP contribution in [0, 0.1) is 0 Å². The van der Waals surface area contributed by atoms with E-state index in [9.17, 15) is 9.90 Å². The molecule has 20 heavy (non-hydrogen) atoms. The van der Waals surface area contributed by atoms with Crippen LogP contribution >= 0.6 is 0 Å². The molecule has 0 bridgehead atoms. The molecule has 0 aliphatic carbocycles. The second-order valence-corrected chi connectivity index (χ2v) is 7.32. The quantitative estimate of drug-likeness (QED) is 0.831. The van der Waals surface area contributed by atoms with Crippen LogP contribution in [0.1, 0.15) is 69.4 Å². The number of phenolic OH excluding ortho intramolecular Hbond substituents is 1.